The Bertz CT molecular complexity index is 1000. The van der Waals surface area contributed by atoms with Crippen LogP contribution in [0.15, 0.2) is 47.0 Å². The van der Waals surface area contributed by atoms with Crippen molar-refractivity contribution < 1.29 is 18.8 Å². The molecule has 0 fully saturated rings. The molecule has 0 saturated heterocycles. The predicted octanol–water partition coefficient (Wildman–Crippen LogP) is 4.05. The molecule has 2 amide bonds. The average molecular weight is 380 g/mol. The van der Waals surface area contributed by atoms with Gasteiger partial charge in [0.05, 0.1) is 0 Å². The predicted molar refractivity (Wildman–Crippen MR) is 103 cm³/mol. The van der Waals surface area contributed by atoms with E-state index in [1.807, 2.05) is 38.1 Å². The van der Waals surface area contributed by atoms with Crippen molar-refractivity contribution in [3.05, 3.63) is 42.5 Å². The van der Waals surface area contributed by atoms with Crippen LogP contribution in [0.4, 0.5) is 10.5 Å². The number of benzene rings is 2. The molecule has 0 spiro atoms. The molecule has 1 aliphatic rings. The van der Waals surface area contributed by atoms with Crippen LogP contribution in [0, 0.1) is 0 Å². The zero-order valence-corrected chi connectivity index (χ0v) is 15.6. The number of carbonyl (C=O) groups excluding carboxylic acids is 1. The Morgan fingerprint density at radius 2 is 2.00 bits per heavy atom. The first-order chi connectivity index (χ1) is 13.6. The summed E-state index contributed by atoms with van der Waals surface area (Å²) in [7, 11) is 0. The zero-order valence-electron chi connectivity index (χ0n) is 15.6. The Kier molecular flexibility index (Phi) is 4.84. The summed E-state index contributed by atoms with van der Waals surface area (Å²) in [5.41, 5.74) is 2.12. The van der Waals surface area contributed by atoms with E-state index in [9.17, 15) is 4.79 Å². The number of nitrogens with zero attached hydrogens (tertiary/aromatic N) is 2. The van der Waals surface area contributed by atoms with Crippen molar-refractivity contribution in [2.45, 2.75) is 26.3 Å². The highest BCUT2D eigenvalue weighted by Crippen LogP contribution is 2.35. The molecule has 0 saturated carbocycles. The third kappa shape index (κ3) is 3.75. The van der Waals surface area contributed by atoms with E-state index in [1.54, 1.807) is 18.2 Å². The first kappa shape index (κ1) is 17.8. The number of carbonyl (C=O) groups is 1. The van der Waals surface area contributed by atoms with Crippen LogP contribution in [0.5, 0.6) is 11.5 Å². The molecule has 8 nitrogen and oxygen atoms in total. The van der Waals surface area contributed by atoms with Crippen LogP contribution in [-0.2, 0) is 0 Å². The van der Waals surface area contributed by atoms with E-state index in [2.05, 4.69) is 20.8 Å². The van der Waals surface area contributed by atoms with Crippen LogP contribution >= 0.6 is 0 Å². The maximum absolute atomic E-state index is 12.0. The normalized spacial score (nSPS) is 13.2. The minimum Gasteiger partial charge on any atom is -0.454 e. The number of rotatable bonds is 5. The highest BCUT2D eigenvalue weighted by atomic mass is 16.7. The van der Waals surface area contributed by atoms with Gasteiger partial charge < -0.3 is 24.6 Å². The number of fused-ring (bicyclic) bond motifs is 1. The highest BCUT2D eigenvalue weighted by Gasteiger charge is 2.17. The number of aromatic nitrogens is 2. The van der Waals surface area contributed by atoms with Crippen LogP contribution in [0.25, 0.3) is 22.8 Å². The number of hydrogen-bond donors (Lipinski definition) is 2. The second kappa shape index (κ2) is 7.59. The third-order valence-corrected chi connectivity index (χ3v) is 4.41. The highest BCUT2D eigenvalue weighted by molar-refractivity contribution is 5.90. The van der Waals surface area contributed by atoms with Crippen molar-refractivity contribution in [2.24, 2.45) is 0 Å². The fraction of sp³-hybridized carbons (Fsp3) is 0.250. The molecule has 3 aromatic rings. The second-order valence-corrected chi connectivity index (χ2v) is 6.48. The molecule has 2 aromatic carbocycles. The Morgan fingerprint density at radius 3 is 2.86 bits per heavy atom. The average Bonchev–Trinajstić information content (AvgIpc) is 3.37. The van der Waals surface area contributed by atoms with E-state index < -0.39 is 0 Å². The summed E-state index contributed by atoms with van der Waals surface area (Å²) in [5.74, 6) is 2.15. The molecule has 1 aliphatic heterocycles. The quantitative estimate of drug-likeness (QED) is 0.693. The van der Waals surface area contributed by atoms with Gasteiger partial charge in [0.1, 0.15) is 0 Å². The van der Waals surface area contributed by atoms with Crippen molar-refractivity contribution in [1.29, 1.82) is 0 Å². The van der Waals surface area contributed by atoms with E-state index in [0.717, 1.165) is 17.5 Å². The molecule has 2 heterocycles. The molecular weight excluding hydrogens is 360 g/mol. The second-order valence-electron chi connectivity index (χ2n) is 6.48. The maximum Gasteiger partial charge on any atom is 0.319 e. The van der Waals surface area contributed by atoms with Gasteiger partial charge in [-0.2, -0.15) is 4.98 Å². The van der Waals surface area contributed by atoms with Gasteiger partial charge in [-0.3, -0.25) is 0 Å². The first-order valence-corrected chi connectivity index (χ1v) is 9.04. The van der Waals surface area contributed by atoms with E-state index in [0.29, 0.717) is 28.9 Å². The first-order valence-electron chi connectivity index (χ1n) is 9.04. The minimum absolute atomic E-state index is 0.102. The summed E-state index contributed by atoms with van der Waals surface area (Å²) in [4.78, 5) is 16.5. The van der Waals surface area contributed by atoms with Crippen LogP contribution in [0.3, 0.4) is 0 Å². The van der Waals surface area contributed by atoms with Gasteiger partial charge in [-0.1, -0.05) is 24.2 Å². The maximum atomic E-state index is 12.0. The monoisotopic (exact) mass is 380 g/mol. The van der Waals surface area contributed by atoms with Crippen molar-refractivity contribution in [3.8, 4) is 34.3 Å². The smallest absolute Gasteiger partial charge is 0.319 e. The van der Waals surface area contributed by atoms with E-state index in [-0.39, 0.29) is 18.9 Å². The van der Waals surface area contributed by atoms with Crippen molar-refractivity contribution >= 4 is 11.7 Å². The summed E-state index contributed by atoms with van der Waals surface area (Å²) in [6.45, 7) is 4.17. The topological polar surface area (TPSA) is 98.5 Å². The molecular formula is C20H20N4O4. The standard InChI is InChI=1S/C20H20N4O4/c1-3-12(2)21-20(25)22-15-6-4-5-13(9-15)18-23-19(28-24-18)14-7-8-16-17(10-14)27-11-26-16/h4-10,12H,3,11H2,1-2H3,(H2,21,22,25)/t12-/m1/s1. The number of amides is 2. The van der Waals surface area contributed by atoms with Crippen LogP contribution in [-0.4, -0.2) is 29.0 Å². The van der Waals surface area contributed by atoms with E-state index in [4.69, 9.17) is 14.0 Å². The summed E-state index contributed by atoms with van der Waals surface area (Å²) >= 11 is 0. The molecule has 0 radical (unpaired) electrons. The lowest BCUT2D eigenvalue weighted by Crippen LogP contribution is -2.35. The number of hydrogen-bond acceptors (Lipinski definition) is 6. The van der Waals surface area contributed by atoms with Crippen LogP contribution in [0.2, 0.25) is 0 Å². The summed E-state index contributed by atoms with van der Waals surface area (Å²) in [6.07, 6.45) is 0.860. The van der Waals surface area contributed by atoms with E-state index >= 15 is 0 Å². The molecule has 4 rings (SSSR count). The van der Waals surface area contributed by atoms with Gasteiger partial charge in [-0.15, -0.1) is 0 Å². The zero-order chi connectivity index (χ0) is 19.5. The lowest BCUT2D eigenvalue weighted by Gasteiger charge is -2.12. The Hall–Kier alpha value is -3.55. The Morgan fingerprint density at radius 1 is 1.14 bits per heavy atom. The fourth-order valence-electron chi connectivity index (χ4n) is 2.72. The molecule has 8 heteroatoms. The molecule has 1 aromatic heterocycles. The van der Waals surface area contributed by atoms with Crippen LogP contribution < -0.4 is 20.1 Å². The molecule has 0 unspecified atom stereocenters. The van der Waals surface area contributed by atoms with Crippen molar-refractivity contribution in [2.75, 3.05) is 12.1 Å². The lowest BCUT2D eigenvalue weighted by atomic mass is 10.2. The summed E-state index contributed by atoms with van der Waals surface area (Å²) in [5, 5.41) is 9.73. The lowest BCUT2D eigenvalue weighted by molar-refractivity contribution is 0.174. The minimum atomic E-state index is -0.249. The SMILES string of the molecule is CC[C@@H](C)NC(=O)Nc1cccc(-c2noc(-c3ccc4c(c3)OCO4)n2)c1. The van der Waals surface area contributed by atoms with Gasteiger partial charge in [-0.25, -0.2) is 4.79 Å². The van der Waals surface area contributed by atoms with Gasteiger partial charge in [0.15, 0.2) is 11.5 Å². The largest absolute Gasteiger partial charge is 0.454 e. The molecule has 28 heavy (non-hydrogen) atoms. The van der Waals surface area contributed by atoms with E-state index in [1.165, 1.54) is 0 Å². The Labute approximate surface area is 161 Å². The molecule has 0 bridgehead atoms. The number of nitrogens with one attached hydrogen (secondary N) is 2. The summed E-state index contributed by atoms with van der Waals surface area (Å²) in [6, 6.07) is 12.6. The molecule has 1 atom stereocenters. The number of ether oxygens (including phenoxy) is 2. The summed E-state index contributed by atoms with van der Waals surface area (Å²) < 4.78 is 16.1. The molecule has 0 aliphatic carbocycles. The van der Waals surface area contributed by atoms with Gasteiger partial charge in [-0.05, 0) is 43.7 Å². The number of anilines is 1. The van der Waals surface area contributed by atoms with Gasteiger partial charge >= 0.3 is 6.03 Å². The van der Waals surface area contributed by atoms with Gasteiger partial charge in [0.2, 0.25) is 12.6 Å². The third-order valence-electron chi connectivity index (χ3n) is 4.41. The molecule has 2 N–H and O–H groups in total. The molecule has 144 valence electrons. The Balaban J connectivity index is 1.52. The number of urea groups is 1. The fourth-order valence-corrected chi connectivity index (χ4v) is 2.72. The van der Waals surface area contributed by atoms with Crippen molar-refractivity contribution in [3.63, 3.8) is 0 Å². The van der Waals surface area contributed by atoms with Gasteiger partial charge in [0, 0.05) is 22.9 Å². The van der Waals surface area contributed by atoms with Crippen molar-refractivity contribution in [1.82, 2.24) is 15.5 Å². The van der Waals surface area contributed by atoms with Crippen LogP contribution in [0.1, 0.15) is 20.3 Å². The van der Waals surface area contributed by atoms with Gasteiger partial charge in [0.25, 0.3) is 5.89 Å².